The number of carbonyl (C=O) groups excluding carboxylic acids is 2. The number of aromatic nitrogens is 2. The summed E-state index contributed by atoms with van der Waals surface area (Å²) in [5.74, 6) is -0.622. The third-order valence-corrected chi connectivity index (χ3v) is 6.07. The van der Waals surface area contributed by atoms with Crippen molar-refractivity contribution in [3.8, 4) is 0 Å². The molecule has 0 aliphatic heterocycles. The van der Waals surface area contributed by atoms with Gasteiger partial charge in [-0.1, -0.05) is 18.6 Å². The zero-order valence-electron chi connectivity index (χ0n) is 15.1. The molecule has 2 aromatic rings. The monoisotopic (exact) mass is 367 g/mol. The highest BCUT2D eigenvalue weighted by Gasteiger charge is 2.52. The highest BCUT2D eigenvalue weighted by atomic mass is 19.1. The molecule has 140 valence electrons. The van der Waals surface area contributed by atoms with Gasteiger partial charge in [-0.2, -0.15) is 0 Å². The molecule has 2 aliphatic carbocycles. The maximum absolute atomic E-state index is 13.4. The van der Waals surface area contributed by atoms with Crippen LogP contribution >= 0.6 is 0 Å². The van der Waals surface area contributed by atoms with Crippen LogP contribution in [0.3, 0.4) is 0 Å². The molecule has 6 heteroatoms. The quantitative estimate of drug-likeness (QED) is 0.818. The molecule has 1 aromatic carbocycles. The van der Waals surface area contributed by atoms with Gasteiger partial charge in [0.2, 0.25) is 0 Å². The molecule has 5 nitrogen and oxygen atoms in total. The summed E-state index contributed by atoms with van der Waals surface area (Å²) in [6.07, 6.45) is 10.3. The smallest absolute Gasteiger partial charge is 0.271 e. The average molecular weight is 367 g/mol. The minimum Gasteiger partial charge on any atom is -0.345 e. The Bertz CT molecular complexity index is 873. The molecule has 1 heterocycles. The first-order valence-corrected chi connectivity index (χ1v) is 9.37. The summed E-state index contributed by atoms with van der Waals surface area (Å²) in [7, 11) is 0. The van der Waals surface area contributed by atoms with E-state index in [4.69, 9.17) is 0 Å². The Kier molecular flexibility index (Phi) is 4.50. The van der Waals surface area contributed by atoms with Crippen molar-refractivity contribution in [1.82, 2.24) is 15.3 Å². The van der Waals surface area contributed by atoms with E-state index >= 15 is 0 Å². The summed E-state index contributed by atoms with van der Waals surface area (Å²) in [5.41, 5.74) is 0.341. The van der Waals surface area contributed by atoms with E-state index in [2.05, 4.69) is 15.3 Å². The normalized spacial score (nSPS) is 26.6. The van der Waals surface area contributed by atoms with Gasteiger partial charge < -0.3 is 5.32 Å². The van der Waals surface area contributed by atoms with Crippen molar-refractivity contribution in [1.29, 1.82) is 0 Å². The van der Waals surface area contributed by atoms with Crippen LogP contribution in [0.15, 0.2) is 42.9 Å². The van der Waals surface area contributed by atoms with Gasteiger partial charge in [-0.25, -0.2) is 9.37 Å². The summed E-state index contributed by atoms with van der Waals surface area (Å²) < 4.78 is 13.4. The van der Waals surface area contributed by atoms with E-state index in [9.17, 15) is 14.0 Å². The third kappa shape index (κ3) is 3.61. The number of nitrogens with one attached hydrogen (secondary N) is 1. The molecule has 27 heavy (non-hydrogen) atoms. The van der Waals surface area contributed by atoms with Crippen LogP contribution < -0.4 is 5.32 Å². The zero-order valence-corrected chi connectivity index (χ0v) is 15.1. The minimum absolute atomic E-state index is 0.0209. The third-order valence-electron chi connectivity index (χ3n) is 6.07. The van der Waals surface area contributed by atoms with Crippen LogP contribution in [0.25, 0.3) is 0 Å². The molecule has 2 unspecified atom stereocenters. The van der Waals surface area contributed by atoms with Gasteiger partial charge in [-0.15, -0.1) is 0 Å². The van der Waals surface area contributed by atoms with Crippen LogP contribution in [0.4, 0.5) is 4.39 Å². The molecule has 1 aromatic heterocycles. The first-order valence-electron chi connectivity index (χ1n) is 9.37. The number of rotatable bonds is 5. The van der Waals surface area contributed by atoms with Crippen LogP contribution in [0.5, 0.6) is 0 Å². The molecular weight excluding hydrogens is 345 g/mol. The fourth-order valence-electron chi connectivity index (χ4n) is 4.86. The number of Topliss-reactive ketones (excluding diaryl/α,β-unsaturated/α-hetero) is 1. The first kappa shape index (κ1) is 17.8. The van der Waals surface area contributed by atoms with Gasteiger partial charge in [0.1, 0.15) is 11.5 Å². The van der Waals surface area contributed by atoms with E-state index in [1.54, 1.807) is 12.1 Å². The SMILES string of the molecule is O=C(CC12CCCC(NC(=O)c3cnccn3)(CC1)C2)c1cccc(F)c1. The van der Waals surface area contributed by atoms with Gasteiger partial charge in [-0.05, 0) is 49.7 Å². The summed E-state index contributed by atoms with van der Waals surface area (Å²) in [6.45, 7) is 0. The number of amides is 1. The average Bonchev–Trinajstić information content (AvgIpc) is 2.92. The molecule has 0 radical (unpaired) electrons. The van der Waals surface area contributed by atoms with E-state index in [1.165, 1.54) is 30.7 Å². The van der Waals surface area contributed by atoms with Crippen molar-refractivity contribution in [3.05, 3.63) is 59.9 Å². The predicted octanol–water partition coefficient (Wildman–Crippen LogP) is 3.71. The highest BCUT2D eigenvalue weighted by Crippen LogP contribution is 2.55. The molecular formula is C21H22FN3O2. The summed E-state index contributed by atoms with van der Waals surface area (Å²) in [4.78, 5) is 33.3. The van der Waals surface area contributed by atoms with E-state index in [1.807, 2.05) is 0 Å². The van der Waals surface area contributed by atoms with Gasteiger partial charge in [0, 0.05) is 29.9 Å². The van der Waals surface area contributed by atoms with Crippen LogP contribution in [-0.4, -0.2) is 27.2 Å². The Labute approximate surface area is 157 Å². The minimum atomic E-state index is -0.390. The van der Waals surface area contributed by atoms with E-state index in [-0.39, 0.29) is 28.5 Å². The molecule has 2 bridgehead atoms. The van der Waals surface area contributed by atoms with Gasteiger partial charge in [0.25, 0.3) is 5.91 Å². The molecule has 2 aliphatic rings. The second kappa shape index (κ2) is 6.83. The topological polar surface area (TPSA) is 72.0 Å². The maximum Gasteiger partial charge on any atom is 0.271 e. The van der Waals surface area contributed by atoms with Crippen molar-refractivity contribution < 1.29 is 14.0 Å². The highest BCUT2D eigenvalue weighted by molar-refractivity contribution is 5.96. The van der Waals surface area contributed by atoms with Crippen LogP contribution in [0.2, 0.25) is 0 Å². The number of ketones is 1. The predicted molar refractivity (Wildman–Crippen MR) is 97.7 cm³/mol. The number of carbonyl (C=O) groups is 2. The summed E-state index contributed by atoms with van der Waals surface area (Å²) in [5, 5.41) is 3.17. The molecule has 2 saturated carbocycles. The fourth-order valence-corrected chi connectivity index (χ4v) is 4.86. The first-order chi connectivity index (χ1) is 13.0. The van der Waals surface area contributed by atoms with Crippen molar-refractivity contribution >= 4 is 11.7 Å². The van der Waals surface area contributed by atoms with Crippen LogP contribution in [0, 0.1) is 11.2 Å². The van der Waals surface area contributed by atoms with E-state index in [0.29, 0.717) is 17.7 Å². The molecule has 2 atom stereocenters. The Morgan fingerprint density at radius 3 is 2.81 bits per heavy atom. The van der Waals surface area contributed by atoms with Crippen molar-refractivity contribution in [2.24, 2.45) is 5.41 Å². The van der Waals surface area contributed by atoms with E-state index in [0.717, 1.165) is 38.5 Å². The molecule has 0 saturated heterocycles. The number of fused-ring (bicyclic) bond motifs is 2. The Morgan fingerprint density at radius 2 is 2.04 bits per heavy atom. The lowest BCUT2D eigenvalue weighted by atomic mass is 9.70. The van der Waals surface area contributed by atoms with Gasteiger partial charge in [0.15, 0.2) is 5.78 Å². The molecule has 1 amide bonds. The van der Waals surface area contributed by atoms with Gasteiger partial charge in [0.05, 0.1) is 6.20 Å². The Morgan fingerprint density at radius 1 is 1.15 bits per heavy atom. The fraction of sp³-hybridized carbons (Fsp3) is 0.429. The van der Waals surface area contributed by atoms with Gasteiger partial charge in [-0.3, -0.25) is 14.6 Å². The second-order valence-electron chi connectivity index (χ2n) is 7.97. The van der Waals surface area contributed by atoms with Gasteiger partial charge >= 0.3 is 0 Å². The summed E-state index contributed by atoms with van der Waals surface area (Å²) in [6, 6.07) is 5.89. The summed E-state index contributed by atoms with van der Waals surface area (Å²) >= 11 is 0. The lowest BCUT2D eigenvalue weighted by Crippen LogP contribution is -2.49. The Hall–Kier alpha value is -2.63. The van der Waals surface area contributed by atoms with E-state index < -0.39 is 0 Å². The standard InChI is InChI=1S/C21H22FN3O2/c22-16-4-1-3-15(11-16)18(26)12-20-5-2-6-21(14-20,8-7-20)25-19(27)17-13-23-9-10-24-17/h1,3-4,9-11,13H,2,5-8,12,14H2,(H,25,27). The lowest BCUT2D eigenvalue weighted by molar-refractivity contribution is 0.0800. The van der Waals surface area contributed by atoms with Crippen molar-refractivity contribution in [2.75, 3.05) is 0 Å². The van der Waals surface area contributed by atoms with Crippen molar-refractivity contribution in [2.45, 2.75) is 50.5 Å². The number of benzene rings is 1. The molecule has 2 fully saturated rings. The maximum atomic E-state index is 13.4. The molecule has 4 rings (SSSR count). The molecule has 0 spiro atoms. The molecule has 1 N–H and O–H groups in total. The number of nitrogens with zero attached hydrogens (tertiary/aromatic N) is 2. The van der Waals surface area contributed by atoms with Crippen molar-refractivity contribution in [3.63, 3.8) is 0 Å². The number of halogens is 1. The van der Waals surface area contributed by atoms with Crippen LogP contribution in [0.1, 0.15) is 65.8 Å². The zero-order chi connectivity index (χ0) is 18.9. The number of hydrogen-bond donors (Lipinski definition) is 1. The Balaban J connectivity index is 1.48. The van der Waals surface area contributed by atoms with Crippen LogP contribution in [-0.2, 0) is 0 Å². The largest absolute Gasteiger partial charge is 0.345 e. The second-order valence-corrected chi connectivity index (χ2v) is 7.97. The lowest BCUT2D eigenvalue weighted by Gasteiger charge is -2.39. The number of hydrogen-bond acceptors (Lipinski definition) is 4.